The summed E-state index contributed by atoms with van der Waals surface area (Å²) in [7, 11) is 0. The summed E-state index contributed by atoms with van der Waals surface area (Å²) in [5, 5.41) is 22.8. The molecule has 0 spiro atoms. The van der Waals surface area contributed by atoms with Crippen molar-refractivity contribution in [2.24, 2.45) is 0 Å². The molecule has 6 nitrogen and oxygen atoms in total. The van der Waals surface area contributed by atoms with Gasteiger partial charge in [-0.25, -0.2) is 0 Å². The van der Waals surface area contributed by atoms with E-state index in [1.807, 2.05) is 66.2 Å². The maximum absolute atomic E-state index is 12.8. The van der Waals surface area contributed by atoms with Crippen LogP contribution in [0.5, 0.6) is 5.75 Å². The Morgan fingerprint density at radius 2 is 1.76 bits per heavy atom. The van der Waals surface area contributed by atoms with Gasteiger partial charge < -0.3 is 14.6 Å². The van der Waals surface area contributed by atoms with E-state index in [1.165, 1.54) is 0 Å². The molecule has 0 unspecified atom stereocenters. The molecular formula is C28H22N4O2. The zero-order valence-electron chi connectivity index (χ0n) is 18.7. The Kier molecular flexibility index (Phi) is 6.72. The molecule has 0 atom stereocenters. The average Bonchev–Trinajstić information content (AvgIpc) is 3.21. The molecule has 0 bridgehead atoms. The zero-order chi connectivity index (χ0) is 23.9. The number of carbonyl (C=O) groups excluding carboxylic acids is 1. The molecule has 0 aliphatic carbocycles. The zero-order valence-corrected chi connectivity index (χ0v) is 18.7. The number of para-hydroxylation sites is 1. The number of carbonyl (C=O) groups is 1. The molecule has 166 valence electrons. The molecule has 1 amide bonds. The van der Waals surface area contributed by atoms with Gasteiger partial charge in [0, 0.05) is 34.9 Å². The van der Waals surface area contributed by atoms with E-state index in [2.05, 4.69) is 11.4 Å². The minimum atomic E-state index is -0.488. The molecule has 0 saturated heterocycles. The monoisotopic (exact) mass is 446 g/mol. The van der Waals surface area contributed by atoms with Gasteiger partial charge in [-0.05, 0) is 55.0 Å². The molecule has 6 heteroatoms. The minimum absolute atomic E-state index is 0.00536. The second-order valence-electron chi connectivity index (χ2n) is 7.58. The molecule has 4 aromatic rings. The second-order valence-corrected chi connectivity index (χ2v) is 7.58. The Hall–Kier alpha value is -4.81. The van der Waals surface area contributed by atoms with Crippen LogP contribution in [0.15, 0.2) is 84.6 Å². The Morgan fingerprint density at radius 1 is 1.03 bits per heavy atom. The minimum Gasteiger partial charge on any atom is -0.494 e. The van der Waals surface area contributed by atoms with Crippen LogP contribution in [0.3, 0.4) is 0 Å². The Morgan fingerprint density at radius 3 is 2.50 bits per heavy atom. The number of nitriles is 2. The predicted octanol–water partition coefficient (Wildman–Crippen LogP) is 5.51. The van der Waals surface area contributed by atoms with Crippen LogP contribution in [0, 0.1) is 22.7 Å². The fourth-order valence-electron chi connectivity index (χ4n) is 3.78. The number of anilines is 1. The molecule has 0 fully saturated rings. The van der Waals surface area contributed by atoms with Crippen molar-refractivity contribution >= 4 is 28.6 Å². The van der Waals surface area contributed by atoms with E-state index in [1.54, 1.807) is 36.4 Å². The lowest BCUT2D eigenvalue weighted by Gasteiger charge is -2.07. The van der Waals surface area contributed by atoms with Crippen LogP contribution >= 0.6 is 0 Å². The lowest BCUT2D eigenvalue weighted by Crippen LogP contribution is -2.13. The summed E-state index contributed by atoms with van der Waals surface area (Å²) < 4.78 is 7.44. The highest BCUT2D eigenvalue weighted by molar-refractivity contribution is 6.10. The highest BCUT2D eigenvalue weighted by Gasteiger charge is 2.14. The lowest BCUT2D eigenvalue weighted by molar-refractivity contribution is -0.112. The van der Waals surface area contributed by atoms with Gasteiger partial charge in [0.25, 0.3) is 5.91 Å². The van der Waals surface area contributed by atoms with Crippen molar-refractivity contribution in [2.45, 2.75) is 13.5 Å². The average molecular weight is 447 g/mol. The van der Waals surface area contributed by atoms with E-state index < -0.39 is 5.91 Å². The Bertz CT molecular complexity index is 1450. The molecule has 4 rings (SSSR count). The normalized spacial score (nSPS) is 11.0. The number of benzene rings is 3. The van der Waals surface area contributed by atoms with E-state index in [0.29, 0.717) is 30.2 Å². The summed E-state index contributed by atoms with van der Waals surface area (Å²) in [5.41, 5.74) is 3.79. The fourth-order valence-corrected chi connectivity index (χ4v) is 3.78. The number of ether oxygens (including phenoxy) is 1. The smallest absolute Gasteiger partial charge is 0.266 e. The van der Waals surface area contributed by atoms with Crippen LogP contribution in [0.1, 0.15) is 23.6 Å². The highest BCUT2D eigenvalue weighted by atomic mass is 16.5. The van der Waals surface area contributed by atoms with Crippen molar-refractivity contribution in [3.63, 3.8) is 0 Å². The number of amides is 1. The summed E-state index contributed by atoms with van der Waals surface area (Å²) in [4.78, 5) is 12.8. The van der Waals surface area contributed by atoms with Crippen LogP contribution in [-0.4, -0.2) is 17.1 Å². The molecule has 1 aromatic heterocycles. The van der Waals surface area contributed by atoms with E-state index in [0.717, 1.165) is 22.0 Å². The lowest BCUT2D eigenvalue weighted by atomic mass is 10.1. The number of nitrogens with zero attached hydrogens (tertiary/aromatic N) is 3. The predicted molar refractivity (Wildman–Crippen MR) is 132 cm³/mol. The van der Waals surface area contributed by atoms with Crippen LogP contribution in [0.4, 0.5) is 5.69 Å². The molecule has 3 aromatic carbocycles. The van der Waals surface area contributed by atoms with Crippen LogP contribution in [0.25, 0.3) is 17.0 Å². The van der Waals surface area contributed by atoms with Crippen LogP contribution in [0.2, 0.25) is 0 Å². The Labute approximate surface area is 197 Å². The van der Waals surface area contributed by atoms with Gasteiger partial charge in [0.2, 0.25) is 0 Å². The van der Waals surface area contributed by atoms with Gasteiger partial charge in [-0.15, -0.1) is 0 Å². The number of hydrogen-bond acceptors (Lipinski definition) is 4. The first-order chi connectivity index (χ1) is 16.6. The van der Waals surface area contributed by atoms with Crippen molar-refractivity contribution in [3.05, 3.63) is 101 Å². The molecule has 1 N–H and O–H groups in total. The number of nitrogens with one attached hydrogen (secondary N) is 1. The maximum atomic E-state index is 12.8. The van der Waals surface area contributed by atoms with E-state index in [4.69, 9.17) is 4.74 Å². The highest BCUT2D eigenvalue weighted by Crippen LogP contribution is 2.25. The van der Waals surface area contributed by atoms with Gasteiger partial charge in [-0.3, -0.25) is 4.79 Å². The summed E-state index contributed by atoms with van der Waals surface area (Å²) in [6.07, 6.45) is 3.50. The summed E-state index contributed by atoms with van der Waals surface area (Å²) >= 11 is 0. The van der Waals surface area contributed by atoms with E-state index >= 15 is 0 Å². The molecule has 0 saturated carbocycles. The SMILES string of the molecule is CCOc1ccc(NC(=O)/C(C#N)=C\c2cn(Cc3ccccc3C#N)c3ccccc23)cc1. The molecule has 34 heavy (non-hydrogen) atoms. The number of hydrogen-bond donors (Lipinski definition) is 1. The molecule has 0 radical (unpaired) electrons. The first kappa shape index (κ1) is 22.4. The van der Waals surface area contributed by atoms with Crippen molar-refractivity contribution in [1.82, 2.24) is 4.57 Å². The summed E-state index contributed by atoms with van der Waals surface area (Å²) in [5.74, 6) is 0.223. The third-order valence-electron chi connectivity index (χ3n) is 5.39. The van der Waals surface area contributed by atoms with Gasteiger partial charge in [0.1, 0.15) is 17.4 Å². The third-order valence-corrected chi connectivity index (χ3v) is 5.39. The van der Waals surface area contributed by atoms with Crippen LogP contribution < -0.4 is 10.1 Å². The standard InChI is InChI=1S/C28H22N4O2/c1-2-34-25-13-11-24(12-14-25)31-28(33)22(17-30)15-23-19-32(27-10-6-5-9-26(23)27)18-21-8-4-3-7-20(21)16-29/h3-15,19H,2,18H2,1H3,(H,31,33)/b22-15-. The van der Waals surface area contributed by atoms with E-state index in [9.17, 15) is 15.3 Å². The van der Waals surface area contributed by atoms with Gasteiger partial charge in [-0.1, -0.05) is 36.4 Å². The quantitative estimate of drug-likeness (QED) is 0.299. The maximum Gasteiger partial charge on any atom is 0.266 e. The van der Waals surface area contributed by atoms with Crippen molar-refractivity contribution in [2.75, 3.05) is 11.9 Å². The fraction of sp³-hybridized carbons (Fsp3) is 0.107. The van der Waals surface area contributed by atoms with E-state index in [-0.39, 0.29) is 5.57 Å². The van der Waals surface area contributed by atoms with Gasteiger partial charge in [0.05, 0.1) is 18.2 Å². The number of rotatable bonds is 7. The van der Waals surface area contributed by atoms with Gasteiger partial charge >= 0.3 is 0 Å². The van der Waals surface area contributed by atoms with Crippen molar-refractivity contribution in [1.29, 1.82) is 10.5 Å². The third kappa shape index (κ3) is 4.82. The van der Waals surface area contributed by atoms with Crippen molar-refractivity contribution < 1.29 is 9.53 Å². The second kappa shape index (κ2) is 10.2. The molecule has 1 heterocycles. The van der Waals surface area contributed by atoms with Crippen LogP contribution in [-0.2, 0) is 11.3 Å². The summed E-state index contributed by atoms with van der Waals surface area (Å²) in [6.45, 7) is 2.96. The molecule has 0 aliphatic rings. The largest absolute Gasteiger partial charge is 0.494 e. The first-order valence-corrected chi connectivity index (χ1v) is 10.8. The first-order valence-electron chi connectivity index (χ1n) is 10.8. The number of aromatic nitrogens is 1. The van der Waals surface area contributed by atoms with Gasteiger partial charge in [0.15, 0.2) is 0 Å². The molecule has 0 aliphatic heterocycles. The Balaban J connectivity index is 1.64. The van der Waals surface area contributed by atoms with Crippen molar-refractivity contribution in [3.8, 4) is 17.9 Å². The number of fused-ring (bicyclic) bond motifs is 1. The van der Waals surface area contributed by atoms with Gasteiger partial charge in [-0.2, -0.15) is 10.5 Å². The molecular weight excluding hydrogens is 424 g/mol. The topological polar surface area (TPSA) is 90.8 Å². The summed E-state index contributed by atoms with van der Waals surface area (Å²) in [6, 6.07) is 26.5.